The summed E-state index contributed by atoms with van der Waals surface area (Å²) in [6.07, 6.45) is 0.824. The maximum Gasteiger partial charge on any atom is 0.223 e. The fraction of sp³-hybridized carbons (Fsp3) is 0.500. The van der Waals surface area contributed by atoms with E-state index in [1.165, 1.54) is 16.7 Å². The predicted octanol–water partition coefficient (Wildman–Crippen LogP) is 2.62. The summed E-state index contributed by atoms with van der Waals surface area (Å²) in [5.41, 5.74) is 3.86. The molecule has 1 aromatic carbocycles. The molecule has 0 aliphatic carbocycles. The Labute approximate surface area is 98.1 Å². The Morgan fingerprint density at radius 3 is 2.38 bits per heavy atom. The summed E-state index contributed by atoms with van der Waals surface area (Å²) in [4.78, 5) is 11.7. The Balaban J connectivity index is 2.76. The van der Waals surface area contributed by atoms with E-state index in [1.54, 1.807) is 0 Å². The number of carbonyl (C=O) groups excluding carboxylic acids is 1. The van der Waals surface area contributed by atoms with Crippen molar-refractivity contribution in [1.29, 1.82) is 0 Å². The standard InChI is InChI=1S/C14H21NO/c1-5-15-14(16)12(4)9-13-10(2)7-6-8-11(13)3/h6-8,12H,5,9H2,1-4H3,(H,15,16). The zero-order valence-electron chi connectivity index (χ0n) is 10.6. The fourth-order valence-electron chi connectivity index (χ4n) is 1.92. The fourth-order valence-corrected chi connectivity index (χ4v) is 1.92. The lowest BCUT2D eigenvalue weighted by Gasteiger charge is -2.15. The molecule has 0 radical (unpaired) electrons. The smallest absolute Gasteiger partial charge is 0.223 e. The van der Waals surface area contributed by atoms with Crippen LogP contribution in [0.3, 0.4) is 0 Å². The summed E-state index contributed by atoms with van der Waals surface area (Å²) in [6.45, 7) is 8.84. The maximum absolute atomic E-state index is 11.7. The largest absolute Gasteiger partial charge is 0.356 e. The average molecular weight is 219 g/mol. The second-order valence-corrected chi connectivity index (χ2v) is 4.37. The van der Waals surface area contributed by atoms with Crippen LogP contribution in [0.25, 0.3) is 0 Å². The highest BCUT2D eigenvalue weighted by Crippen LogP contribution is 2.17. The SMILES string of the molecule is CCNC(=O)C(C)Cc1c(C)cccc1C. The van der Waals surface area contributed by atoms with E-state index in [0.717, 1.165) is 6.42 Å². The van der Waals surface area contributed by atoms with E-state index in [2.05, 4.69) is 37.4 Å². The van der Waals surface area contributed by atoms with Crippen LogP contribution in [0.1, 0.15) is 30.5 Å². The minimum Gasteiger partial charge on any atom is -0.356 e. The topological polar surface area (TPSA) is 29.1 Å². The van der Waals surface area contributed by atoms with Gasteiger partial charge >= 0.3 is 0 Å². The lowest BCUT2D eigenvalue weighted by Crippen LogP contribution is -2.30. The van der Waals surface area contributed by atoms with Gasteiger partial charge in [-0.2, -0.15) is 0 Å². The van der Waals surface area contributed by atoms with Gasteiger partial charge in [-0.05, 0) is 43.9 Å². The molecule has 0 fully saturated rings. The van der Waals surface area contributed by atoms with Crippen LogP contribution in [0.15, 0.2) is 18.2 Å². The van der Waals surface area contributed by atoms with Crippen LogP contribution in [0, 0.1) is 19.8 Å². The van der Waals surface area contributed by atoms with Crippen LogP contribution in [-0.2, 0) is 11.2 Å². The third-order valence-corrected chi connectivity index (χ3v) is 2.95. The van der Waals surface area contributed by atoms with Gasteiger partial charge in [0.15, 0.2) is 0 Å². The third-order valence-electron chi connectivity index (χ3n) is 2.95. The number of hydrogen-bond donors (Lipinski definition) is 1. The Morgan fingerprint density at radius 1 is 1.31 bits per heavy atom. The predicted molar refractivity (Wildman–Crippen MR) is 67.5 cm³/mol. The molecule has 0 saturated heterocycles. The van der Waals surface area contributed by atoms with Crippen molar-refractivity contribution in [3.05, 3.63) is 34.9 Å². The Kier molecular flexibility index (Phi) is 4.53. The molecule has 1 N–H and O–H groups in total. The van der Waals surface area contributed by atoms with Gasteiger partial charge < -0.3 is 5.32 Å². The molecule has 2 nitrogen and oxygen atoms in total. The van der Waals surface area contributed by atoms with E-state index < -0.39 is 0 Å². The number of hydrogen-bond acceptors (Lipinski definition) is 1. The van der Waals surface area contributed by atoms with Crippen molar-refractivity contribution in [1.82, 2.24) is 5.32 Å². The molecule has 1 aromatic rings. The van der Waals surface area contributed by atoms with Gasteiger partial charge in [0, 0.05) is 12.5 Å². The highest BCUT2D eigenvalue weighted by atomic mass is 16.1. The summed E-state index contributed by atoms with van der Waals surface area (Å²) in [7, 11) is 0. The van der Waals surface area contributed by atoms with E-state index in [-0.39, 0.29) is 11.8 Å². The van der Waals surface area contributed by atoms with E-state index in [0.29, 0.717) is 6.54 Å². The number of amides is 1. The zero-order valence-corrected chi connectivity index (χ0v) is 10.6. The van der Waals surface area contributed by atoms with Crippen molar-refractivity contribution in [2.45, 2.75) is 34.1 Å². The Morgan fingerprint density at radius 2 is 1.88 bits per heavy atom. The lowest BCUT2D eigenvalue weighted by atomic mass is 9.93. The van der Waals surface area contributed by atoms with Gasteiger partial charge in [-0.15, -0.1) is 0 Å². The van der Waals surface area contributed by atoms with Crippen molar-refractivity contribution in [3.63, 3.8) is 0 Å². The molecule has 0 spiro atoms. The van der Waals surface area contributed by atoms with Crippen molar-refractivity contribution < 1.29 is 4.79 Å². The number of nitrogens with one attached hydrogen (secondary N) is 1. The van der Waals surface area contributed by atoms with E-state index >= 15 is 0 Å². The van der Waals surface area contributed by atoms with Crippen LogP contribution in [0.4, 0.5) is 0 Å². The van der Waals surface area contributed by atoms with Gasteiger partial charge in [0.05, 0.1) is 0 Å². The Hall–Kier alpha value is -1.31. The Bertz CT molecular complexity index is 351. The van der Waals surface area contributed by atoms with E-state index in [9.17, 15) is 4.79 Å². The average Bonchev–Trinajstić information content (AvgIpc) is 2.23. The minimum absolute atomic E-state index is 0.0414. The first-order chi connectivity index (χ1) is 7.56. The second-order valence-electron chi connectivity index (χ2n) is 4.37. The van der Waals surface area contributed by atoms with Gasteiger partial charge in [-0.25, -0.2) is 0 Å². The summed E-state index contributed by atoms with van der Waals surface area (Å²) < 4.78 is 0. The van der Waals surface area contributed by atoms with Gasteiger partial charge in [0.2, 0.25) is 5.91 Å². The molecule has 1 amide bonds. The molecule has 1 unspecified atom stereocenters. The van der Waals surface area contributed by atoms with E-state index in [1.807, 2.05) is 13.8 Å². The zero-order chi connectivity index (χ0) is 12.1. The molecule has 88 valence electrons. The van der Waals surface area contributed by atoms with Crippen LogP contribution in [0.2, 0.25) is 0 Å². The summed E-state index contributed by atoms with van der Waals surface area (Å²) >= 11 is 0. The third kappa shape index (κ3) is 3.09. The van der Waals surface area contributed by atoms with Crippen molar-refractivity contribution >= 4 is 5.91 Å². The first-order valence-electron chi connectivity index (χ1n) is 5.89. The number of benzene rings is 1. The minimum atomic E-state index is 0.0414. The number of rotatable bonds is 4. The van der Waals surface area contributed by atoms with Crippen molar-refractivity contribution in [2.75, 3.05) is 6.54 Å². The van der Waals surface area contributed by atoms with Crippen molar-refractivity contribution in [3.8, 4) is 0 Å². The molecule has 0 saturated carbocycles. The molecular weight excluding hydrogens is 198 g/mol. The van der Waals surface area contributed by atoms with Gasteiger partial charge in [-0.3, -0.25) is 4.79 Å². The second kappa shape index (κ2) is 5.69. The summed E-state index contributed by atoms with van der Waals surface area (Å²) in [6, 6.07) is 6.27. The van der Waals surface area contributed by atoms with Crippen LogP contribution in [0.5, 0.6) is 0 Å². The van der Waals surface area contributed by atoms with E-state index in [4.69, 9.17) is 0 Å². The highest BCUT2D eigenvalue weighted by molar-refractivity contribution is 5.78. The normalized spacial score (nSPS) is 12.2. The van der Waals surface area contributed by atoms with Gasteiger partial charge in [-0.1, -0.05) is 25.1 Å². The molecule has 16 heavy (non-hydrogen) atoms. The first-order valence-corrected chi connectivity index (χ1v) is 5.89. The molecule has 0 aromatic heterocycles. The summed E-state index contributed by atoms with van der Waals surface area (Å²) in [5.74, 6) is 0.185. The molecule has 0 aliphatic heterocycles. The quantitative estimate of drug-likeness (QED) is 0.828. The number of carbonyl (C=O) groups is 1. The van der Waals surface area contributed by atoms with Crippen LogP contribution in [-0.4, -0.2) is 12.5 Å². The van der Waals surface area contributed by atoms with Crippen LogP contribution >= 0.6 is 0 Å². The highest BCUT2D eigenvalue weighted by Gasteiger charge is 2.14. The molecular formula is C14H21NO. The maximum atomic E-state index is 11.7. The van der Waals surface area contributed by atoms with Gasteiger partial charge in [0.1, 0.15) is 0 Å². The lowest BCUT2D eigenvalue weighted by molar-refractivity contribution is -0.124. The molecule has 1 rings (SSSR count). The van der Waals surface area contributed by atoms with Gasteiger partial charge in [0.25, 0.3) is 0 Å². The molecule has 0 heterocycles. The molecule has 1 atom stereocenters. The molecule has 2 heteroatoms. The van der Waals surface area contributed by atoms with Crippen LogP contribution < -0.4 is 5.32 Å². The number of aryl methyl sites for hydroxylation is 2. The van der Waals surface area contributed by atoms with Crippen molar-refractivity contribution in [2.24, 2.45) is 5.92 Å². The molecule has 0 bridgehead atoms. The first kappa shape index (κ1) is 12.8. The summed E-state index contributed by atoms with van der Waals surface area (Å²) in [5, 5.41) is 2.87. The monoisotopic (exact) mass is 219 g/mol. The molecule has 0 aliphatic rings.